The molecule has 0 saturated heterocycles. The predicted molar refractivity (Wildman–Crippen MR) is 141 cm³/mol. The molecule has 0 unspecified atom stereocenters. The van der Waals surface area contributed by atoms with E-state index in [2.05, 4.69) is 15.3 Å². The van der Waals surface area contributed by atoms with E-state index in [1.54, 1.807) is 48.7 Å². The van der Waals surface area contributed by atoms with Crippen LogP contribution in [-0.2, 0) is 0 Å². The Morgan fingerprint density at radius 1 is 1.14 bits per heavy atom. The second kappa shape index (κ2) is 11.4. The highest BCUT2D eigenvalue weighted by Crippen LogP contribution is 2.28. The molecule has 9 nitrogen and oxygen atoms in total. The van der Waals surface area contributed by atoms with E-state index in [1.807, 2.05) is 35.4 Å². The summed E-state index contributed by atoms with van der Waals surface area (Å²) < 4.78 is 21.1. The molecule has 0 atom stereocenters. The summed E-state index contributed by atoms with van der Waals surface area (Å²) in [7, 11) is 5.11. The van der Waals surface area contributed by atoms with Crippen LogP contribution in [0, 0.1) is 12.7 Å². The van der Waals surface area contributed by atoms with Crippen LogP contribution in [0.15, 0.2) is 55.0 Å². The van der Waals surface area contributed by atoms with E-state index in [1.165, 1.54) is 13.2 Å². The Labute approximate surface area is 215 Å². The lowest BCUT2D eigenvalue weighted by molar-refractivity contribution is 0.0779. The summed E-state index contributed by atoms with van der Waals surface area (Å²) in [6.07, 6.45) is 5.09. The average molecular weight is 507 g/mol. The lowest BCUT2D eigenvalue weighted by atomic mass is 10.1. The molecule has 10 heteroatoms. The molecule has 0 saturated carbocycles. The normalized spacial score (nSPS) is 11.2. The summed E-state index contributed by atoms with van der Waals surface area (Å²) in [6, 6.07) is 10.3. The second-order valence-corrected chi connectivity index (χ2v) is 8.87. The number of hydrogen-bond donors (Lipinski definition) is 2. The summed E-state index contributed by atoms with van der Waals surface area (Å²) >= 11 is 0. The highest BCUT2D eigenvalue weighted by molar-refractivity contribution is 5.96. The number of amides is 1. The molecule has 0 aliphatic heterocycles. The summed E-state index contributed by atoms with van der Waals surface area (Å²) in [6.45, 7) is 3.78. The molecule has 2 N–H and O–H groups in total. The van der Waals surface area contributed by atoms with Crippen LogP contribution in [0.2, 0.25) is 0 Å². The van der Waals surface area contributed by atoms with Gasteiger partial charge in [0.2, 0.25) is 0 Å². The largest absolute Gasteiger partial charge is 0.494 e. The Morgan fingerprint density at radius 2 is 1.95 bits per heavy atom. The number of nitrogens with zero attached hydrogens (tertiary/aromatic N) is 5. The summed E-state index contributed by atoms with van der Waals surface area (Å²) in [5.41, 5.74) is 4.17. The number of nitrogens with one attached hydrogen (secondary N) is 1. The Bertz CT molecular complexity index is 1410. The first kappa shape index (κ1) is 26.1. The first-order chi connectivity index (χ1) is 17.8. The summed E-state index contributed by atoms with van der Waals surface area (Å²) in [5, 5.41) is 12.3. The molecule has 0 bridgehead atoms. The molecule has 1 amide bonds. The standard InChI is InChI=1S/C27H31FN6O3/c1-18-15-20(6-7-21(18)27(36)33(3)12-11-32(2)13-14-35)31-25-26-30-17-23(34(26)10-9-29-25)19-5-8-24(37-4)22(28)16-19/h5-10,15-17,35H,11-14H2,1-4H3,(H,29,31). The number of anilines is 2. The number of halogens is 1. The zero-order chi connectivity index (χ0) is 26.5. The maximum atomic E-state index is 14.3. The van der Waals surface area contributed by atoms with Crippen molar-refractivity contribution in [3.8, 4) is 17.0 Å². The number of imidazole rings is 1. The van der Waals surface area contributed by atoms with Crippen molar-refractivity contribution in [1.29, 1.82) is 0 Å². The third-order valence-electron chi connectivity index (χ3n) is 6.24. The molecule has 0 aliphatic rings. The van der Waals surface area contributed by atoms with E-state index in [-0.39, 0.29) is 18.3 Å². The molecule has 194 valence electrons. The van der Waals surface area contributed by atoms with Gasteiger partial charge in [0, 0.05) is 55.9 Å². The second-order valence-electron chi connectivity index (χ2n) is 8.87. The average Bonchev–Trinajstić information content (AvgIpc) is 3.32. The van der Waals surface area contributed by atoms with Crippen LogP contribution in [0.5, 0.6) is 5.75 Å². The van der Waals surface area contributed by atoms with Gasteiger partial charge in [-0.25, -0.2) is 14.4 Å². The van der Waals surface area contributed by atoms with Crippen molar-refractivity contribution < 1.29 is 19.0 Å². The molecule has 2 aromatic carbocycles. The van der Waals surface area contributed by atoms with Gasteiger partial charge in [-0.2, -0.15) is 0 Å². The van der Waals surface area contributed by atoms with Gasteiger partial charge in [-0.3, -0.25) is 9.20 Å². The zero-order valence-electron chi connectivity index (χ0n) is 21.4. The van der Waals surface area contributed by atoms with E-state index in [9.17, 15) is 9.18 Å². The number of carbonyl (C=O) groups is 1. The van der Waals surface area contributed by atoms with Crippen molar-refractivity contribution in [1.82, 2.24) is 24.2 Å². The Kier molecular flexibility index (Phi) is 8.00. The topological polar surface area (TPSA) is 95.2 Å². The monoisotopic (exact) mass is 506 g/mol. The zero-order valence-corrected chi connectivity index (χ0v) is 21.4. The Morgan fingerprint density at radius 3 is 2.65 bits per heavy atom. The minimum absolute atomic E-state index is 0.0636. The highest BCUT2D eigenvalue weighted by Gasteiger charge is 2.16. The molecule has 2 aromatic heterocycles. The molecular formula is C27H31FN6O3. The molecule has 0 fully saturated rings. The minimum atomic E-state index is -0.449. The summed E-state index contributed by atoms with van der Waals surface area (Å²) in [4.78, 5) is 25.6. The SMILES string of the molecule is COc1ccc(-c2cnc3c(Nc4ccc(C(=O)N(C)CCN(C)CCO)c(C)c4)nccn23)cc1F. The number of aromatic nitrogens is 3. The van der Waals surface area contributed by atoms with Crippen LogP contribution in [0.4, 0.5) is 15.9 Å². The van der Waals surface area contributed by atoms with Crippen molar-refractivity contribution in [3.63, 3.8) is 0 Å². The number of likely N-dealkylation sites (N-methyl/N-ethyl adjacent to an activating group) is 2. The molecule has 0 radical (unpaired) electrons. The first-order valence-corrected chi connectivity index (χ1v) is 11.9. The van der Waals surface area contributed by atoms with Crippen LogP contribution in [-0.4, -0.2) is 82.6 Å². The van der Waals surface area contributed by atoms with Crippen molar-refractivity contribution >= 4 is 23.1 Å². The van der Waals surface area contributed by atoms with Crippen molar-refractivity contribution in [3.05, 3.63) is 71.9 Å². The number of fused-ring (bicyclic) bond motifs is 1. The van der Waals surface area contributed by atoms with E-state index in [0.717, 1.165) is 11.3 Å². The molecule has 4 aromatic rings. The number of hydrogen-bond acceptors (Lipinski definition) is 7. The quantitative estimate of drug-likeness (QED) is 0.339. The van der Waals surface area contributed by atoms with Crippen LogP contribution in [0.1, 0.15) is 15.9 Å². The fourth-order valence-corrected chi connectivity index (χ4v) is 4.08. The lowest BCUT2D eigenvalue weighted by Gasteiger charge is -2.22. The fraction of sp³-hybridized carbons (Fsp3) is 0.296. The number of methoxy groups -OCH3 is 1. The maximum absolute atomic E-state index is 14.3. The van der Waals surface area contributed by atoms with E-state index in [4.69, 9.17) is 9.84 Å². The van der Waals surface area contributed by atoms with E-state index >= 15 is 0 Å². The Hall–Kier alpha value is -4.02. The number of aliphatic hydroxyl groups excluding tert-OH is 1. The third-order valence-corrected chi connectivity index (χ3v) is 6.24. The summed E-state index contributed by atoms with van der Waals surface area (Å²) in [5.74, 6) is 0.200. The molecule has 0 spiro atoms. The van der Waals surface area contributed by atoms with Gasteiger partial charge in [-0.05, 0) is 55.9 Å². The van der Waals surface area contributed by atoms with Gasteiger partial charge in [-0.15, -0.1) is 0 Å². The van der Waals surface area contributed by atoms with Crippen LogP contribution >= 0.6 is 0 Å². The van der Waals surface area contributed by atoms with Crippen molar-refractivity contribution in [2.24, 2.45) is 0 Å². The van der Waals surface area contributed by atoms with Crippen LogP contribution in [0.3, 0.4) is 0 Å². The first-order valence-electron chi connectivity index (χ1n) is 11.9. The van der Waals surface area contributed by atoms with Gasteiger partial charge in [0.1, 0.15) is 0 Å². The van der Waals surface area contributed by atoms with Crippen LogP contribution < -0.4 is 10.1 Å². The third kappa shape index (κ3) is 5.71. The van der Waals surface area contributed by atoms with Gasteiger partial charge in [-0.1, -0.05) is 0 Å². The number of rotatable bonds is 10. The minimum Gasteiger partial charge on any atom is -0.494 e. The van der Waals surface area contributed by atoms with Crippen LogP contribution in [0.25, 0.3) is 16.9 Å². The molecular weight excluding hydrogens is 475 g/mol. The maximum Gasteiger partial charge on any atom is 0.253 e. The lowest BCUT2D eigenvalue weighted by Crippen LogP contribution is -2.36. The molecule has 0 aliphatic carbocycles. The number of benzene rings is 2. The molecule has 37 heavy (non-hydrogen) atoms. The fourth-order valence-electron chi connectivity index (χ4n) is 4.08. The number of aliphatic hydroxyl groups is 1. The van der Waals surface area contributed by atoms with E-state index < -0.39 is 5.82 Å². The highest BCUT2D eigenvalue weighted by atomic mass is 19.1. The number of ether oxygens (including phenoxy) is 1. The van der Waals surface area contributed by atoms with Gasteiger partial charge in [0.15, 0.2) is 23.0 Å². The van der Waals surface area contributed by atoms with Crippen molar-refractivity contribution in [2.45, 2.75) is 6.92 Å². The van der Waals surface area contributed by atoms with E-state index in [0.29, 0.717) is 47.9 Å². The molecule has 2 heterocycles. The smallest absolute Gasteiger partial charge is 0.253 e. The van der Waals surface area contributed by atoms with Gasteiger partial charge in [0.05, 0.1) is 25.6 Å². The van der Waals surface area contributed by atoms with Gasteiger partial charge >= 0.3 is 0 Å². The van der Waals surface area contributed by atoms with Gasteiger partial charge < -0.3 is 25.0 Å². The predicted octanol–water partition coefficient (Wildman–Crippen LogP) is 3.59. The number of aryl methyl sites for hydroxylation is 1. The number of carbonyl (C=O) groups excluding carboxylic acids is 1. The Balaban J connectivity index is 1.53. The van der Waals surface area contributed by atoms with Crippen molar-refractivity contribution in [2.75, 3.05) is 52.8 Å². The van der Waals surface area contributed by atoms with Gasteiger partial charge in [0.25, 0.3) is 5.91 Å². The molecule has 4 rings (SSSR count).